The quantitative estimate of drug-likeness (QED) is 0.669. The zero-order chi connectivity index (χ0) is 9.19. The Morgan fingerprint density at radius 3 is 2.58 bits per heavy atom. The summed E-state index contributed by atoms with van der Waals surface area (Å²) >= 11 is 0. The van der Waals surface area contributed by atoms with Crippen LogP contribution in [0.1, 0.15) is 20.3 Å². The van der Waals surface area contributed by atoms with Gasteiger partial charge in [0.2, 0.25) is 0 Å². The van der Waals surface area contributed by atoms with Crippen molar-refractivity contribution in [1.82, 2.24) is 4.90 Å². The van der Waals surface area contributed by atoms with Crippen LogP contribution in [-0.2, 0) is 4.74 Å². The number of hydrogen-bond acceptors (Lipinski definition) is 3. The topological polar surface area (TPSA) is 38.5 Å². The Morgan fingerprint density at radius 1 is 1.58 bits per heavy atom. The molecule has 1 unspecified atom stereocenters. The maximum absolute atomic E-state index is 5.91. The number of nitrogens with zero attached hydrogens (tertiary/aromatic N) is 1. The molecule has 0 radical (unpaired) electrons. The highest BCUT2D eigenvalue weighted by Gasteiger charge is 2.36. The summed E-state index contributed by atoms with van der Waals surface area (Å²) in [5, 5.41) is 0. The number of rotatable bonds is 4. The second-order valence-electron chi connectivity index (χ2n) is 4.19. The fourth-order valence-corrected chi connectivity index (χ4v) is 1.66. The van der Waals surface area contributed by atoms with E-state index in [-0.39, 0.29) is 5.54 Å². The molecule has 1 saturated heterocycles. The summed E-state index contributed by atoms with van der Waals surface area (Å²) in [7, 11) is 1.75. The summed E-state index contributed by atoms with van der Waals surface area (Å²) in [5.74, 6) is 0. The molecule has 0 aliphatic carbocycles. The number of methoxy groups -OCH3 is 1. The lowest BCUT2D eigenvalue weighted by Crippen LogP contribution is -2.67. The standard InChI is InChI=1S/C9H20N2O/c1-8(4-5-12-3)11-6-9(2,10)7-11/h8H,4-7,10H2,1-3H3. The van der Waals surface area contributed by atoms with Crippen LogP contribution >= 0.6 is 0 Å². The van der Waals surface area contributed by atoms with Gasteiger partial charge in [-0.05, 0) is 20.3 Å². The Hall–Kier alpha value is -0.120. The number of hydrogen-bond donors (Lipinski definition) is 1. The van der Waals surface area contributed by atoms with Crippen molar-refractivity contribution >= 4 is 0 Å². The van der Waals surface area contributed by atoms with Crippen molar-refractivity contribution in [3.8, 4) is 0 Å². The van der Waals surface area contributed by atoms with Gasteiger partial charge in [0.25, 0.3) is 0 Å². The van der Waals surface area contributed by atoms with Crippen LogP contribution in [0.15, 0.2) is 0 Å². The van der Waals surface area contributed by atoms with Gasteiger partial charge in [0.15, 0.2) is 0 Å². The van der Waals surface area contributed by atoms with Crippen molar-refractivity contribution in [1.29, 1.82) is 0 Å². The van der Waals surface area contributed by atoms with Gasteiger partial charge in [-0.1, -0.05) is 0 Å². The van der Waals surface area contributed by atoms with Gasteiger partial charge in [-0.2, -0.15) is 0 Å². The SMILES string of the molecule is COCCC(C)N1CC(C)(N)C1. The smallest absolute Gasteiger partial charge is 0.0477 e. The monoisotopic (exact) mass is 172 g/mol. The first-order valence-electron chi connectivity index (χ1n) is 4.57. The first kappa shape index (κ1) is 9.96. The van der Waals surface area contributed by atoms with Gasteiger partial charge in [0.05, 0.1) is 0 Å². The Kier molecular flexibility index (Phi) is 3.09. The molecule has 1 atom stereocenters. The second-order valence-corrected chi connectivity index (χ2v) is 4.19. The summed E-state index contributed by atoms with van der Waals surface area (Å²) in [5.41, 5.74) is 5.96. The fourth-order valence-electron chi connectivity index (χ4n) is 1.66. The van der Waals surface area contributed by atoms with E-state index in [0.717, 1.165) is 26.1 Å². The van der Waals surface area contributed by atoms with Crippen molar-refractivity contribution in [2.75, 3.05) is 26.8 Å². The van der Waals surface area contributed by atoms with E-state index in [9.17, 15) is 0 Å². The van der Waals surface area contributed by atoms with Gasteiger partial charge in [-0.3, -0.25) is 4.90 Å². The van der Waals surface area contributed by atoms with Crippen LogP contribution in [0.25, 0.3) is 0 Å². The maximum Gasteiger partial charge on any atom is 0.0477 e. The third kappa shape index (κ3) is 2.44. The third-order valence-electron chi connectivity index (χ3n) is 2.49. The fraction of sp³-hybridized carbons (Fsp3) is 1.00. The van der Waals surface area contributed by atoms with E-state index in [1.54, 1.807) is 7.11 Å². The molecule has 3 heteroatoms. The lowest BCUT2D eigenvalue weighted by molar-refractivity contribution is 0.0323. The van der Waals surface area contributed by atoms with E-state index in [1.807, 2.05) is 0 Å². The van der Waals surface area contributed by atoms with Crippen molar-refractivity contribution in [3.63, 3.8) is 0 Å². The highest BCUT2D eigenvalue weighted by molar-refractivity contribution is 4.97. The van der Waals surface area contributed by atoms with E-state index in [0.29, 0.717) is 6.04 Å². The van der Waals surface area contributed by atoms with Gasteiger partial charge in [-0.25, -0.2) is 0 Å². The Bertz CT molecular complexity index is 139. The number of ether oxygens (including phenoxy) is 1. The second kappa shape index (κ2) is 3.73. The summed E-state index contributed by atoms with van der Waals surface area (Å²) < 4.78 is 5.03. The summed E-state index contributed by atoms with van der Waals surface area (Å²) in [6.07, 6.45) is 1.10. The van der Waals surface area contributed by atoms with Crippen molar-refractivity contribution in [2.24, 2.45) is 5.73 Å². The van der Waals surface area contributed by atoms with Gasteiger partial charge < -0.3 is 10.5 Å². The van der Waals surface area contributed by atoms with E-state index < -0.39 is 0 Å². The molecule has 1 aliphatic heterocycles. The number of likely N-dealkylation sites (tertiary alicyclic amines) is 1. The molecule has 0 saturated carbocycles. The van der Waals surface area contributed by atoms with Crippen LogP contribution in [-0.4, -0.2) is 43.3 Å². The van der Waals surface area contributed by atoms with Crippen LogP contribution in [0.4, 0.5) is 0 Å². The molecule has 1 fully saturated rings. The first-order chi connectivity index (χ1) is 5.55. The molecule has 0 spiro atoms. The van der Waals surface area contributed by atoms with Crippen LogP contribution in [0, 0.1) is 0 Å². The average molecular weight is 172 g/mol. The lowest BCUT2D eigenvalue weighted by atomic mass is 9.91. The molecule has 2 N–H and O–H groups in total. The van der Waals surface area contributed by atoms with Gasteiger partial charge in [0.1, 0.15) is 0 Å². The molecule has 3 nitrogen and oxygen atoms in total. The minimum absolute atomic E-state index is 0.0569. The molecule has 1 rings (SSSR count). The number of nitrogens with two attached hydrogens (primary N) is 1. The Balaban J connectivity index is 2.15. The van der Waals surface area contributed by atoms with Crippen LogP contribution < -0.4 is 5.73 Å². The Morgan fingerprint density at radius 2 is 2.17 bits per heavy atom. The molecule has 0 amide bonds. The van der Waals surface area contributed by atoms with E-state index in [1.165, 1.54) is 0 Å². The van der Waals surface area contributed by atoms with Crippen LogP contribution in [0.2, 0.25) is 0 Å². The van der Waals surface area contributed by atoms with Gasteiger partial charge in [-0.15, -0.1) is 0 Å². The third-order valence-corrected chi connectivity index (χ3v) is 2.49. The summed E-state index contributed by atoms with van der Waals surface area (Å²) in [6.45, 7) is 7.23. The molecule has 0 aromatic rings. The molecule has 72 valence electrons. The van der Waals surface area contributed by atoms with Gasteiger partial charge in [0, 0.05) is 38.4 Å². The normalized spacial score (nSPS) is 25.0. The van der Waals surface area contributed by atoms with Crippen molar-refractivity contribution < 1.29 is 4.74 Å². The molecule has 0 aromatic heterocycles. The minimum Gasteiger partial charge on any atom is -0.385 e. The predicted molar refractivity (Wildman–Crippen MR) is 50.1 cm³/mol. The highest BCUT2D eigenvalue weighted by Crippen LogP contribution is 2.21. The van der Waals surface area contributed by atoms with E-state index in [2.05, 4.69) is 18.7 Å². The maximum atomic E-state index is 5.91. The molecule has 1 heterocycles. The molecule has 0 aromatic carbocycles. The largest absolute Gasteiger partial charge is 0.385 e. The van der Waals surface area contributed by atoms with E-state index in [4.69, 9.17) is 10.5 Å². The highest BCUT2D eigenvalue weighted by atomic mass is 16.5. The molecular weight excluding hydrogens is 152 g/mol. The van der Waals surface area contributed by atoms with Gasteiger partial charge >= 0.3 is 0 Å². The predicted octanol–water partition coefficient (Wildman–Crippen LogP) is 0.444. The lowest BCUT2D eigenvalue weighted by Gasteiger charge is -2.48. The average Bonchev–Trinajstić information content (AvgIpc) is 1.95. The molecule has 1 aliphatic rings. The zero-order valence-electron chi connectivity index (χ0n) is 8.34. The zero-order valence-corrected chi connectivity index (χ0v) is 8.34. The van der Waals surface area contributed by atoms with Crippen LogP contribution in [0.3, 0.4) is 0 Å². The first-order valence-corrected chi connectivity index (χ1v) is 4.57. The van der Waals surface area contributed by atoms with E-state index >= 15 is 0 Å². The molecular formula is C9H20N2O. The summed E-state index contributed by atoms with van der Waals surface area (Å²) in [6, 6.07) is 0.613. The minimum atomic E-state index is 0.0569. The van der Waals surface area contributed by atoms with Crippen molar-refractivity contribution in [3.05, 3.63) is 0 Å². The Labute approximate surface area is 74.9 Å². The summed E-state index contributed by atoms with van der Waals surface area (Å²) in [4.78, 5) is 2.40. The van der Waals surface area contributed by atoms with Crippen LogP contribution in [0.5, 0.6) is 0 Å². The molecule has 0 bridgehead atoms. The van der Waals surface area contributed by atoms with Crippen molar-refractivity contribution in [2.45, 2.75) is 31.8 Å². The molecule has 12 heavy (non-hydrogen) atoms.